The Morgan fingerprint density at radius 3 is 2.50 bits per heavy atom. The van der Waals surface area contributed by atoms with Gasteiger partial charge in [0.1, 0.15) is 16.7 Å². The van der Waals surface area contributed by atoms with Crippen molar-refractivity contribution in [1.82, 2.24) is 9.55 Å². The molecule has 2 aromatic rings. The first-order chi connectivity index (χ1) is 9.51. The van der Waals surface area contributed by atoms with Crippen molar-refractivity contribution in [3.05, 3.63) is 57.2 Å². The molecule has 0 bridgehead atoms. The topological polar surface area (TPSA) is 44.1 Å². The van der Waals surface area contributed by atoms with Crippen LogP contribution in [0.25, 0.3) is 0 Å². The molecule has 0 amide bonds. The monoisotopic (exact) mass is 292 g/mol. The number of ether oxygens (including phenoxy) is 1. The Hall–Kier alpha value is -1.81. The number of aromatic nitrogens is 2. The third kappa shape index (κ3) is 3.20. The second-order valence-electron chi connectivity index (χ2n) is 4.86. The van der Waals surface area contributed by atoms with E-state index in [1.54, 1.807) is 11.7 Å². The van der Waals surface area contributed by atoms with Gasteiger partial charge >= 0.3 is 0 Å². The van der Waals surface area contributed by atoms with Gasteiger partial charge < -0.3 is 4.74 Å². The molecule has 1 aromatic carbocycles. The van der Waals surface area contributed by atoms with E-state index in [0.717, 1.165) is 11.3 Å². The van der Waals surface area contributed by atoms with E-state index in [9.17, 15) is 4.79 Å². The van der Waals surface area contributed by atoms with Crippen LogP contribution in [0.1, 0.15) is 31.2 Å². The molecule has 0 saturated carbocycles. The van der Waals surface area contributed by atoms with Gasteiger partial charge in [-0.25, -0.2) is 4.98 Å². The van der Waals surface area contributed by atoms with Crippen LogP contribution >= 0.6 is 11.6 Å². The molecule has 0 aliphatic rings. The van der Waals surface area contributed by atoms with E-state index >= 15 is 0 Å². The van der Waals surface area contributed by atoms with E-state index in [2.05, 4.69) is 4.98 Å². The van der Waals surface area contributed by atoms with Crippen molar-refractivity contribution in [2.24, 2.45) is 0 Å². The van der Waals surface area contributed by atoms with Crippen LogP contribution in [0.15, 0.2) is 35.1 Å². The minimum Gasteiger partial charge on any atom is -0.497 e. The molecule has 2 rings (SSSR count). The van der Waals surface area contributed by atoms with Gasteiger partial charge in [0.25, 0.3) is 5.56 Å². The molecule has 20 heavy (non-hydrogen) atoms. The molecule has 1 aromatic heterocycles. The van der Waals surface area contributed by atoms with Gasteiger partial charge in [0.2, 0.25) is 0 Å². The summed E-state index contributed by atoms with van der Waals surface area (Å²) in [4.78, 5) is 16.4. The number of benzene rings is 1. The SMILES string of the molecule is COc1ccc(Cn2c(C(C)C)nc(Cl)cc2=O)cc1. The van der Waals surface area contributed by atoms with Gasteiger partial charge in [0.15, 0.2) is 0 Å². The van der Waals surface area contributed by atoms with Crippen LogP contribution < -0.4 is 10.3 Å². The predicted molar refractivity (Wildman–Crippen MR) is 79.7 cm³/mol. The van der Waals surface area contributed by atoms with E-state index in [0.29, 0.717) is 12.4 Å². The summed E-state index contributed by atoms with van der Waals surface area (Å²) in [5, 5.41) is 0.240. The summed E-state index contributed by atoms with van der Waals surface area (Å²) in [6.45, 7) is 4.45. The molecular formula is C15H17ClN2O2. The van der Waals surface area contributed by atoms with Gasteiger partial charge in [-0.3, -0.25) is 9.36 Å². The number of halogens is 1. The summed E-state index contributed by atoms with van der Waals surface area (Å²) in [5.41, 5.74) is 0.878. The molecular weight excluding hydrogens is 276 g/mol. The zero-order valence-corrected chi connectivity index (χ0v) is 12.5. The maximum absolute atomic E-state index is 12.1. The lowest BCUT2D eigenvalue weighted by Gasteiger charge is -2.14. The van der Waals surface area contributed by atoms with Crippen molar-refractivity contribution in [3.8, 4) is 5.75 Å². The lowest BCUT2D eigenvalue weighted by molar-refractivity contribution is 0.414. The number of nitrogens with zero attached hydrogens (tertiary/aromatic N) is 2. The van der Waals surface area contributed by atoms with Crippen LogP contribution in [0, 0.1) is 0 Å². The molecule has 0 fully saturated rings. The van der Waals surface area contributed by atoms with Gasteiger partial charge in [0, 0.05) is 12.0 Å². The second-order valence-corrected chi connectivity index (χ2v) is 5.25. The predicted octanol–water partition coefficient (Wildman–Crippen LogP) is 3.08. The fourth-order valence-corrected chi connectivity index (χ4v) is 2.19. The summed E-state index contributed by atoms with van der Waals surface area (Å²) < 4.78 is 6.77. The summed E-state index contributed by atoms with van der Waals surface area (Å²) in [6, 6.07) is 8.96. The molecule has 0 spiro atoms. The molecule has 0 aliphatic carbocycles. The molecule has 106 valence electrons. The fourth-order valence-electron chi connectivity index (χ4n) is 2.01. The number of hydrogen-bond donors (Lipinski definition) is 0. The van der Waals surface area contributed by atoms with Crippen LogP contribution in [0.2, 0.25) is 5.15 Å². The van der Waals surface area contributed by atoms with E-state index in [1.165, 1.54) is 6.07 Å². The zero-order valence-electron chi connectivity index (χ0n) is 11.8. The Bertz CT molecular complexity index is 648. The van der Waals surface area contributed by atoms with Gasteiger partial charge in [-0.05, 0) is 17.7 Å². The number of rotatable bonds is 4. The van der Waals surface area contributed by atoms with E-state index in [-0.39, 0.29) is 16.6 Å². The van der Waals surface area contributed by atoms with E-state index < -0.39 is 0 Å². The molecule has 4 nitrogen and oxygen atoms in total. The Labute approximate surface area is 123 Å². The average molecular weight is 293 g/mol. The number of methoxy groups -OCH3 is 1. The molecule has 0 atom stereocenters. The summed E-state index contributed by atoms with van der Waals surface area (Å²) >= 11 is 5.87. The highest BCUT2D eigenvalue weighted by molar-refractivity contribution is 6.29. The van der Waals surface area contributed by atoms with Crippen molar-refractivity contribution >= 4 is 11.6 Å². The van der Waals surface area contributed by atoms with Crippen molar-refractivity contribution in [2.45, 2.75) is 26.3 Å². The molecule has 0 aliphatic heterocycles. The second kappa shape index (κ2) is 6.09. The fraction of sp³-hybridized carbons (Fsp3) is 0.333. The third-order valence-electron chi connectivity index (χ3n) is 3.02. The molecule has 0 N–H and O–H groups in total. The van der Waals surface area contributed by atoms with Gasteiger partial charge in [-0.2, -0.15) is 0 Å². The van der Waals surface area contributed by atoms with Crippen LogP contribution in [0.3, 0.4) is 0 Å². The van der Waals surface area contributed by atoms with Crippen LogP contribution in [0.4, 0.5) is 0 Å². The minimum absolute atomic E-state index is 0.125. The smallest absolute Gasteiger partial charge is 0.255 e. The quantitative estimate of drug-likeness (QED) is 0.814. The highest BCUT2D eigenvalue weighted by Gasteiger charge is 2.11. The van der Waals surface area contributed by atoms with Gasteiger partial charge in [-0.15, -0.1) is 0 Å². The molecule has 5 heteroatoms. The lowest BCUT2D eigenvalue weighted by atomic mass is 10.1. The summed E-state index contributed by atoms with van der Waals surface area (Å²) in [6.07, 6.45) is 0. The third-order valence-corrected chi connectivity index (χ3v) is 3.22. The molecule has 0 radical (unpaired) electrons. The van der Waals surface area contributed by atoms with Gasteiger partial charge in [0.05, 0.1) is 13.7 Å². The Morgan fingerprint density at radius 2 is 1.95 bits per heavy atom. The van der Waals surface area contributed by atoms with Crippen molar-refractivity contribution in [2.75, 3.05) is 7.11 Å². The maximum Gasteiger partial charge on any atom is 0.255 e. The Kier molecular flexibility index (Phi) is 4.45. The first kappa shape index (κ1) is 14.6. The first-order valence-corrected chi connectivity index (χ1v) is 6.79. The van der Waals surface area contributed by atoms with E-state index in [4.69, 9.17) is 16.3 Å². The Morgan fingerprint density at radius 1 is 1.30 bits per heavy atom. The molecule has 1 heterocycles. The maximum atomic E-state index is 12.1. The molecule has 0 unspecified atom stereocenters. The lowest BCUT2D eigenvalue weighted by Crippen LogP contribution is -2.25. The van der Waals surface area contributed by atoms with Crippen molar-refractivity contribution < 1.29 is 4.74 Å². The standard InChI is InChI=1S/C15H17ClN2O2/c1-10(2)15-17-13(16)8-14(19)18(15)9-11-4-6-12(20-3)7-5-11/h4-8,10H,9H2,1-3H3. The normalized spacial score (nSPS) is 10.8. The summed E-state index contributed by atoms with van der Waals surface area (Å²) in [5.74, 6) is 1.61. The largest absolute Gasteiger partial charge is 0.497 e. The van der Waals surface area contributed by atoms with Crippen LogP contribution in [-0.2, 0) is 6.54 Å². The van der Waals surface area contributed by atoms with E-state index in [1.807, 2.05) is 38.1 Å². The highest BCUT2D eigenvalue weighted by atomic mass is 35.5. The summed E-state index contributed by atoms with van der Waals surface area (Å²) in [7, 11) is 1.62. The minimum atomic E-state index is -0.135. The highest BCUT2D eigenvalue weighted by Crippen LogP contribution is 2.16. The average Bonchev–Trinajstić information content (AvgIpc) is 2.42. The Balaban J connectivity index is 2.39. The van der Waals surface area contributed by atoms with Crippen molar-refractivity contribution in [3.63, 3.8) is 0 Å². The van der Waals surface area contributed by atoms with Crippen LogP contribution in [-0.4, -0.2) is 16.7 Å². The number of hydrogen-bond acceptors (Lipinski definition) is 3. The van der Waals surface area contributed by atoms with Gasteiger partial charge in [-0.1, -0.05) is 37.6 Å². The zero-order chi connectivity index (χ0) is 14.7. The van der Waals surface area contributed by atoms with Crippen LogP contribution in [0.5, 0.6) is 5.75 Å². The van der Waals surface area contributed by atoms with Crippen molar-refractivity contribution in [1.29, 1.82) is 0 Å². The molecule has 0 saturated heterocycles. The first-order valence-electron chi connectivity index (χ1n) is 6.41.